The summed E-state index contributed by atoms with van der Waals surface area (Å²) in [7, 11) is 4.46. The molecule has 17 nitrogen and oxygen atoms in total. The number of nitro benzene ring substituents is 1. The molecule has 5 aromatic carbocycles. The molecule has 5 aromatic rings. The molecule has 20 heteroatoms. The van der Waals surface area contributed by atoms with Gasteiger partial charge < -0.3 is 50.5 Å². The highest BCUT2D eigenvalue weighted by Gasteiger charge is 2.26. The number of alkyl carbamates (subject to hydrolysis) is 2. The molecule has 3 amide bonds. The van der Waals surface area contributed by atoms with Crippen molar-refractivity contribution >= 4 is 75.9 Å². The SMILES string of the molecule is CC(C)(C)OC(=O)NC(Cc1ccccc1)C(=O)O.COc1cc(N)ccc1Cl.COc1cc(NC(=O)C(Cc2ccccc2)NC(=O)OC(C)(C)C)ccc1Cl.COc1cc([N+](=O)[O-])ccc1Cl. The van der Waals surface area contributed by atoms with Crippen molar-refractivity contribution in [3.63, 3.8) is 0 Å². The smallest absolute Gasteiger partial charge is 0.408 e. The first-order valence-corrected chi connectivity index (χ1v) is 22.0. The van der Waals surface area contributed by atoms with Gasteiger partial charge in [-0.25, -0.2) is 14.4 Å². The fourth-order valence-electron chi connectivity index (χ4n) is 5.41. The van der Waals surface area contributed by atoms with Crippen LogP contribution in [-0.4, -0.2) is 78.7 Å². The normalized spacial score (nSPS) is 11.4. The highest BCUT2D eigenvalue weighted by molar-refractivity contribution is 6.32. The average Bonchev–Trinajstić information content (AvgIpc) is 3.27. The van der Waals surface area contributed by atoms with Gasteiger partial charge in [-0.2, -0.15) is 0 Å². The van der Waals surface area contributed by atoms with Crippen LogP contribution in [-0.2, 0) is 31.9 Å². The lowest BCUT2D eigenvalue weighted by Gasteiger charge is -2.23. The molecule has 0 aromatic heterocycles. The molecule has 6 N–H and O–H groups in total. The number of carboxylic acids is 1. The van der Waals surface area contributed by atoms with Crippen LogP contribution in [0, 0.1) is 10.1 Å². The van der Waals surface area contributed by atoms with Gasteiger partial charge in [-0.3, -0.25) is 14.9 Å². The van der Waals surface area contributed by atoms with E-state index in [4.69, 9.17) is 69.3 Å². The average molecular weight is 1020 g/mol. The second-order valence-electron chi connectivity index (χ2n) is 16.4. The van der Waals surface area contributed by atoms with E-state index >= 15 is 0 Å². The second kappa shape index (κ2) is 28.4. The molecule has 2 atom stereocenters. The van der Waals surface area contributed by atoms with Gasteiger partial charge in [0, 0.05) is 42.4 Å². The third-order valence-electron chi connectivity index (χ3n) is 8.50. The number of rotatable bonds is 13. The molecule has 372 valence electrons. The Hall–Kier alpha value is -6.95. The van der Waals surface area contributed by atoms with Crippen LogP contribution in [0.25, 0.3) is 0 Å². The molecule has 0 heterocycles. The molecule has 69 heavy (non-hydrogen) atoms. The number of hydrogen-bond donors (Lipinski definition) is 5. The zero-order valence-corrected chi connectivity index (χ0v) is 41.9. The summed E-state index contributed by atoms with van der Waals surface area (Å²) < 4.78 is 25.2. The molecule has 0 saturated heterocycles. The molecule has 0 fully saturated rings. The molecular weight excluding hydrogens is 957 g/mol. The monoisotopic (exact) mass is 1010 g/mol. The summed E-state index contributed by atoms with van der Waals surface area (Å²) in [5.41, 5.74) is 7.03. The van der Waals surface area contributed by atoms with Crippen molar-refractivity contribution in [2.24, 2.45) is 0 Å². The molecule has 0 aliphatic carbocycles. The minimum atomic E-state index is -1.09. The number of methoxy groups -OCH3 is 3. The number of benzene rings is 5. The Morgan fingerprint density at radius 2 is 1.03 bits per heavy atom. The van der Waals surface area contributed by atoms with Gasteiger partial charge in [-0.05, 0) is 83.0 Å². The van der Waals surface area contributed by atoms with Crippen molar-refractivity contribution in [2.45, 2.75) is 77.7 Å². The predicted molar refractivity (Wildman–Crippen MR) is 268 cm³/mol. The standard InChI is InChI=1S/C21H25ClN2O4.C14H19NO4.C7H6ClNO3.C7H8ClNO/c1-21(2,3)28-20(26)24-17(12-14-8-6-5-7-9-14)19(25)23-15-10-11-16(22)18(13-15)27-4;1-14(2,3)19-13(18)15-11(12(16)17)9-10-7-5-4-6-8-10;1-12-7-4-5(9(10)11)2-3-6(7)8;1-10-7-4-5(9)2-3-6(7)8/h5-11,13,17H,12H2,1-4H3,(H,23,25)(H,24,26);4-8,11H,9H2,1-3H3,(H,15,18)(H,16,17);2-4H,1H3;2-4H,9H2,1H3. The first-order valence-electron chi connectivity index (χ1n) is 20.9. The van der Waals surface area contributed by atoms with Crippen molar-refractivity contribution in [3.05, 3.63) is 152 Å². The summed E-state index contributed by atoms with van der Waals surface area (Å²) in [5, 5.41) is 28.6. The van der Waals surface area contributed by atoms with Crippen molar-refractivity contribution in [1.29, 1.82) is 0 Å². The number of amides is 3. The summed E-state index contributed by atoms with van der Waals surface area (Å²) in [6.07, 6.45) is -0.848. The fraction of sp³-hybridized carbons (Fsp3) is 0.306. The van der Waals surface area contributed by atoms with E-state index in [9.17, 15) is 29.3 Å². The van der Waals surface area contributed by atoms with Gasteiger partial charge in [0.2, 0.25) is 5.91 Å². The number of aliphatic carboxylic acids is 1. The van der Waals surface area contributed by atoms with Crippen LogP contribution in [0.3, 0.4) is 0 Å². The topological polar surface area (TPSA) is 240 Å². The number of ether oxygens (including phenoxy) is 5. The molecule has 0 spiro atoms. The van der Waals surface area contributed by atoms with Gasteiger partial charge in [-0.1, -0.05) is 95.5 Å². The van der Waals surface area contributed by atoms with E-state index in [-0.39, 0.29) is 18.0 Å². The van der Waals surface area contributed by atoms with E-state index in [1.165, 1.54) is 32.4 Å². The van der Waals surface area contributed by atoms with Crippen molar-refractivity contribution < 1.29 is 52.9 Å². The van der Waals surface area contributed by atoms with Crippen molar-refractivity contribution in [1.82, 2.24) is 10.6 Å². The lowest BCUT2D eigenvalue weighted by molar-refractivity contribution is -0.384. The minimum absolute atomic E-state index is 0.0312. The number of halogens is 3. The van der Waals surface area contributed by atoms with Crippen LogP contribution in [0.4, 0.5) is 26.7 Å². The van der Waals surface area contributed by atoms with Crippen molar-refractivity contribution in [2.75, 3.05) is 32.4 Å². The number of nitrogens with one attached hydrogen (secondary N) is 3. The number of nitro groups is 1. The summed E-state index contributed by atoms with van der Waals surface area (Å²) in [5.74, 6) is -0.0967. The van der Waals surface area contributed by atoms with Gasteiger partial charge in [0.1, 0.15) is 40.5 Å². The lowest BCUT2D eigenvalue weighted by Crippen LogP contribution is -2.47. The molecular formula is C49H58Cl3N5O12. The number of anilines is 2. The Morgan fingerprint density at radius 3 is 1.45 bits per heavy atom. The fourth-order valence-corrected chi connectivity index (χ4v) is 6.00. The second-order valence-corrected chi connectivity index (χ2v) is 17.6. The van der Waals surface area contributed by atoms with E-state index in [1.54, 1.807) is 85.1 Å². The number of carbonyl (C=O) groups is 4. The lowest BCUT2D eigenvalue weighted by atomic mass is 10.1. The van der Waals surface area contributed by atoms with Gasteiger partial charge >= 0.3 is 18.2 Å². The van der Waals surface area contributed by atoms with Gasteiger partial charge in [-0.15, -0.1) is 0 Å². The van der Waals surface area contributed by atoms with Crippen LogP contribution in [0.5, 0.6) is 17.2 Å². The maximum Gasteiger partial charge on any atom is 0.408 e. The van der Waals surface area contributed by atoms with Crippen LogP contribution in [0.15, 0.2) is 115 Å². The number of carboxylic acid groups (broad SMARTS) is 1. The van der Waals surface area contributed by atoms with E-state index < -0.39 is 46.4 Å². The Labute approximate surface area is 416 Å². The first kappa shape index (κ1) is 58.2. The number of nitrogens with zero attached hydrogens (tertiary/aromatic N) is 1. The van der Waals surface area contributed by atoms with E-state index in [1.807, 2.05) is 60.7 Å². The number of non-ortho nitro benzene ring substituents is 1. The molecule has 0 aliphatic heterocycles. The maximum absolute atomic E-state index is 12.8. The van der Waals surface area contributed by atoms with Crippen molar-refractivity contribution in [3.8, 4) is 17.2 Å². The summed E-state index contributed by atoms with van der Waals surface area (Å²) in [4.78, 5) is 57.5. The zero-order chi connectivity index (χ0) is 51.9. The Bertz CT molecular complexity index is 2450. The highest BCUT2D eigenvalue weighted by atomic mass is 35.5. The summed E-state index contributed by atoms with van der Waals surface area (Å²) in [6, 6.07) is 30.8. The van der Waals surface area contributed by atoms with Gasteiger partial charge in [0.05, 0.1) is 47.4 Å². The maximum atomic E-state index is 12.8. The first-order chi connectivity index (χ1) is 32.3. The number of carbonyl (C=O) groups excluding carboxylic acids is 3. The largest absolute Gasteiger partial charge is 0.495 e. The van der Waals surface area contributed by atoms with Crippen LogP contribution < -0.4 is 35.9 Å². The van der Waals surface area contributed by atoms with Crippen LogP contribution in [0.1, 0.15) is 52.7 Å². The third kappa shape index (κ3) is 23.1. The van der Waals surface area contributed by atoms with E-state index in [2.05, 4.69) is 16.0 Å². The summed E-state index contributed by atoms with van der Waals surface area (Å²) in [6.45, 7) is 10.5. The molecule has 5 rings (SSSR count). The van der Waals surface area contributed by atoms with Gasteiger partial charge in [0.15, 0.2) is 0 Å². The molecule has 0 saturated carbocycles. The van der Waals surface area contributed by atoms with Crippen LogP contribution >= 0.6 is 34.8 Å². The van der Waals surface area contributed by atoms with E-state index in [0.717, 1.165) is 11.1 Å². The molecule has 0 bridgehead atoms. The van der Waals surface area contributed by atoms with Crippen LogP contribution in [0.2, 0.25) is 15.1 Å². The molecule has 0 aliphatic rings. The summed E-state index contributed by atoms with van der Waals surface area (Å²) >= 11 is 17.4. The number of hydrogen-bond acceptors (Lipinski definition) is 12. The molecule has 0 radical (unpaired) electrons. The minimum Gasteiger partial charge on any atom is -0.495 e. The Morgan fingerprint density at radius 1 is 0.623 bits per heavy atom. The third-order valence-corrected chi connectivity index (χ3v) is 9.44. The van der Waals surface area contributed by atoms with Gasteiger partial charge in [0.25, 0.3) is 5.69 Å². The quantitative estimate of drug-likeness (QED) is 0.0419. The highest BCUT2D eigenvalue weighted by Crippen LogP contribution is 2.29. The zero-order valence-electron chi connectivity index (χ0n) is 39.6. The molecule has 2 unspecified atom stereocenters. The Kier molecular flexibility index (Phi) is 23.9. The number of nitrogens with two attached hydrogens (primary N) is 1. The van der Waals surface area contributed by atoms with E-state index in [0.29, 0.717) is 50.1 Å². The Balaban J connectivity index is 0.000000342. The predicted octanol–water partition coefficient (Wildman–Crippen LogP) is 10.8. The number of nitrogen functional groups attached to an aromatic ring is 1.